The van der Waals surface area contributed by atoms with Gasteiger partial charge in [0.05, 0.1) is 30.0 Å². The van der Waals surface area contributed by atoms with Gasteiger partial charge in [-0.1, -0.05) is 12.1 Å². The van der Waals surface area contributed by atoms with Gasteiger partial charge in [0.2, 0.25) is 5.91 Å². The summed E-state index contributed by atoms with van der Waals surface area (Å²) in [6, 6.07) is 10.8. The van der Waals surface area contributed by atoms with Crippen LogP contribution >= 0.6 is 0 Å². The fourth-order valence-electron chi connectivity index (χ4n) is 4.30. The van der Waals surface area contributed by atoms with Crippen LogP contribution in [0.3, 0.4) is 0 Å². The van der Waals surface area contributed by atoms with Crippen molar-refractivity contribution in [1.82, 2.24) is 13.7 Å². The van der Waals surface area contributed by atoms with E-state index in [-0.39, 0.29) is 46.1 Å². The lowest BCUT2D eigenvalue weighted by Gasteiger charge is -2.20. The maximum absolute atomic E-state index is 14.7. The van der Waals surface area contributed by atoms with Gasteiger partial charge < -0.3 is 15.7 Å². The summed E-state index contributed by atoms with van der Waals surface area (Å²) in [6.45, 7) is 3.76. The molecule has 0 spiro atoms. The number of pyridine rings is 1. The maximum atomic E-state index is 14.7. The third kappa shape index (κ3) is 4.56. The molecule has 0 fully saturated rings. The Kier molecular flexibility index (Phi) is 6.82. The number of benzene rings is 2. The molecule has 10 nitrogen and oxygen atoms in total. The molecule has 0 radical (unpaired) electrons. The molecule has 1 amide bonds. The Bertz CT molecular complexity index is 1740. The highest BCUT2D eigenvalue weighted by Gasteiger charge is 2.23. The van der Waals surface area contributed by atoms with Crippen molar-refractivity contribution in [3.63, 3.8) is 0 Å². The summed E-state index contributed by atoms with van der Waals surface area (Å²) in [5.74, 6) is -0.929. The van der Waals surface area contributed by atoms with E-state index in [9.17, 15) is 28.7 Å². The predicted octanol–water partition coefficient (Wildman–Crippen LogP) is 2.30. The van der Waals surface area contributed by atoms with Gasteiger partial charge in [0.15, 0.2) is 0 Å². The van der Waals surface area contributed by atoms with E-state index >= 15 is 0 Å². The number of carbonyl (C=O) groups is 1. The summed E-state index contributed by atoms with van der Waals surface area (Å²) >= 11 is 0. The number of nitrogens with zero attached hydrogens (tertiary/aromatic N) is 3. The number of fused-ring (bicyclic) bond motifs is 1. The number of rotatable bonds is 6. The molecule has 11 heteroatoms. The Balaban J connectivity index is 2.16. The number of hydrogen-bond acceptors (Lipinski definition) is 6. The zero-order valence-electron chi connectivity index (χ0n) is 20.8. The SMILES string of the molecule is CC(=O)Nc1cccc(-n2c(=O)n(CCO)c(=O)c3c(Nc4ccc(C)cc4F)n(C)c(=O)c(C)c32)c1. The number of halogens is 1. The summed E-state index contributed by atoms with van der Waals surface area (Å²) in [4.78, 5) is 52.1. The summed E-state index contributed by atoms with van der Waals surface area (Å²) < 4.78 is 18.0. The topological polar surface area (TPSA) is 127 Å². The number of aromatic nitrogens is 3. The molecule has 4 aromatic rings. The molecule has 37 heavy (non-hydrogen) atoms. The lowest BCUT2D eigenvalue weighted by Crippen LogP contribution is -2.42. The van der Waals surface area contributed by atoms with Crippen LogP contribution in [0.1, 0.15) is 18.1 Å². The van der Waals surface area contributed by atoms with Gasteiger partial charge in [0.25, 0.3) is 11.1 Å². The standard InChI is InChI=1S/C26H26FN5O5/c1-14-8-9-20(19(27)12-14)29-23-21-22(15(2)24(35)30(23)4)32(26(37)31(10-11-33)25(21)36)18-7-5-6-17(13-18)28-16(3)34/h5-9,12-13,29,33H,10-11H2,1-4H3,(H,28,34). The van der Waals surface area contributed by atoms with Crippen molar-refractivity contribution in [3.05, 3.63) is 90.6 Å². The van der Waals surface area contributed by atoms with Crippen molar-refractivity contribution in [2.45, 2.75) is 27.3 Å². The highest BCUT2D eigenvalue weighted by atomic mass is 19.1. The molecule has 0 atom stereocenters. The average Bonchev–Trinajstić information content (AvgIpc) is 2.84. The number of amides is 1. The Morgan fingerprint density at radius 3 is 2.43 bits per heavy atom. The van der Waals surface area contributed by atoms with Crippen LogP contribution in [0, 0.1) is 19.7 Å². The van der Waals surface area contributed by atoms with Gasteiger partial charge in [-0.15, -0.1) is 0 Å². The van der Waals surface area contributed by atoms with Gasteiger partial charge in [-0.25, -0.2) is 9.18 Å². The van der Waals surface area contributed by atoms with Crippen molar-refractivity contribution in [1.29, 1.82) is 0 Å². The van der Waals surface area contributed by atoms with Gasteiger partial charge in [0, 0.05) is 25.2 Å². The third-order valence-electron chi connectivity index (χ3n) is 6.02. The molecule has 0 aliphatic carbocycles. The Morgan fingerprint density at radius 2 is 1.78 bits per heavy atom. The van der Waals surface area contributed by atoms with Crippen LogP contribution in [0.25, 0.3) is 16.6 Å². The number of aliphatic hydroxyl groups is 1. The highest BCUT2D eigenvalue weighted by molar-refractivity contribution is 5.94. The van der Waals surface area contributed by atoms with Crippen molar-refractivity contribution in [2.24, 2.45) is 7.05 Å². The van der Waals surface area contributed by atoms with E-state index in [1.54, 1.807) is 31.2 Å². The molecule has 0 bridgehead atoms. The monoisotopic (exact) mass is 507 g/mol. The number of anilines is 3. The molecular weight excluding hydrogens is 481 g/mol. The zero-order valence-corrected chi connectivity index (χ0v) is 20.8. The molecule has 0 unspecified atom stereocenters. The first kappa shape index (κ1) is 25.6. The average molecular weight is 508 g/mol. The second kappa shape index (κ2) is 9.86. The van der Waals surface area contributed by atoms with E-state index in [0.29, 0.717) is 11.3 Å². The number of aliphatic hydroxyl groups excluding tert-OH is 1. The van der Waals surface area contributed by atoms with Crippen LogP contribution < -0.4 is 27.4 Å². The van der Waals surface area contributed by atoms with Crippen LogP contribution in [0.15, 0.2) is 56.8 Å². The maximum Gasteiger partial charge on any atom is 0.336 e. The molecule has 0 aliphatic rings. The molecule has 3 N–H and O–H groups in total. The second-order valence-electron chi connectivity index (χ2n) is 8.70. The van der Waals surface area contributed by atoms with E-state index in [4.69, 9.17) is 0 Å². The second-order valence-corrected chi connectivity index (χ2v) is 8.70. The smallest absolute Gasteiger partial charge is 0.336 e. The van der Waals surface area contributed by atoms with Crippen molar-refractivity contribution < 1.29 is 14.3 Å². The number of nitrogens with one attached hydrogen (secondary N) is 2. The van der Waals surface area contributed by atoms with Gasteiger partial charge in [-0.3, -0.25) is 28.1 Å². The van der Waals surface area contributed by atoms with E-state index in [0.717, 1.165) is 4.57 Å². The molecule has 0 aliphatic heterocycles. The fourth-order valence-corrected chi connectivity index (χ4v) is 4.30. The van der Waals surface area contributed by atoms with Crippen LogP contribution in [0.4, 0.5) is 21.6 Å². The van der Waals surface area contributed by atoms with Crippen LogP contribution in [0.5, 0.6) is 0 Å². The molecule has 2 heterocycles. The van der Waals surface area contributed by atoms with Crippen LogP contribution in [0.2, 0.25) is 0 Å². The minimum absolute atomic E-state index is 0.0168. The van der Waals surface area contributed by atoms with Gasteiger partial charge >= 0.3 is 5.69 Å². The van der Waals surface area contributed by atoms with Gasteiger partial charge in [0.1, 0.15) is 17.0 Å². The van der Waals surface area contributed by atoms with E-state index in [1.165, 1.54) is 48.2 Å². The number of aryl methyl sites for hydroxylation is 2. The molecule has 0 saturated carbocycles. The third-order valence-corrected chi connectivity index (χ3v) is 6.02. The molecule has 2 aromatic carbocycles. The Hall–Kier alpha value is -4.51. The molecule has 0 saturated heterocycles. The zero-order chi connectivity index (χ0) is 27.0. The Morgan fingerprint density at radius 1 is 1.05 bits per heavy atom. The first-order valence-corrected chi connectivity index (χ1v) is 11.5. The van der Waals surface area contributed by atoms with Crippen molar-refractivity contribution in [3.8, 4) is 5.69 Å². The minimum atomic E-state index is -0.782. The number of hydrogen-bond donors (Lipinski definition) is 3. The van der Waals surface area contributed by atoms with Gasteiger partial charge in [-0.2, -0.15) is 0 Å². The number of carbonyl (C=O) groups excluding carboxylic acids is 1. The molecule has 4 rings (SSSR count). The normalized spacial score (nSPS) is 11.1. The summed E-state index contributed by atoms with van der Waals surface area (Å²) in [7, 11) is 1.44. The van der Waals surface area contributed by atoms with Crippen molar-refractivity contribution in [2.75, 3.05) is 17.2 Å². The van der Waals surface area contributed by atoms with E-state index in [2.05, 4.69) is 10.6 Å². The van der Waals surface area contributed by atoms with Crippen LogP contribution in [-0.2, 0) is 18.4 Å². The van der Waals surface area contributed by atoms with Gasteiger partial charge in [-0.05, 0) is 49.7 Å². The summed E-state index contributed by atoms with van der Waals surface area (Å²) in [5.41, 5.74) is -0.512. The van der Waals surface area contributed by atoms with E-state index < -0.39 is 29.2 Å². The molecule has 192 valence electrons. The van der Waals surface area contributed by atoms with Crippen molar-refractivity contribution >= 4 is 34.0 Å². The van der Waals surface area contributed by atoms with E-state index in [1.807, 2.05) is 0 Å². The fraction of sp³-hybridized carbons (Fsp3) is 0.231. The first-order valence-electron chi connectivity index (χ1n) is 11.5. The largest absolute Gasteiger partial charge is 0.395 e. The van der Waals surface area contributed by atoms with Crippen LogP contribution in [-0.4, -0.2) is 31.3 Å². The minimum Gasteiger partial charge on any atom is -0.395 e. The highest BCUT2D eigenvalue weighted by Crippen LogP contribution is 2.27. The Labute approximate surface area is 210 Å². The quantitative estimate of drug-likeness (QED) is 0.368. The molecule has 2 aromatic heterocycles. The summed E-state index contributed by atoms with van der Waals surface area (Å²) in [5, 5.41) is 15.1. The lowest BCUT2D eigenvalue weighted by molar-refractivity contribution is -0.114. The summed E-state index contributed by atoms with van der Waals surface area (Å²) in [6.07, 6.45) is 0. The lowest BCUT2D eigenvalue weighted by atomic mass is 10.1. The molecular formula is C26H26FN5O5. The predicted molar refractivity (Wildman–Crippen MR) is 140 cm³/mol. The first-order chi connectivity index (χ1) is 17.5.